The van der Waals surface area contributed by atoms with Gasteiger partial charge < -0.3 is 167 Å². The zero-order valence-corrected chi connectivity index (χ0v) is 83.0. The third kappa shape index (κ3) is 44.5. The number of benzene rings is 4. The highest BCUT2D eigenvalue weighted by Gasteiger charge is 2.43. The molecular formula is C92H141N31O21S2. The molecule has 0 radical (unpaired) electrons. The summed E-state index contributed by atoms with van der Waals surface area (Å²) < 4.78 is 0. The molecule has 0 spiro atoms. The summed E-state index contributed by atoms with van der Waals surface area (Å²) in [5, 5.41) is 106. The summed E-state index contributed by atoms with van der Waals surface area (Å²) >= 11 is 0. The number of hydrogen-bond acceptors (Lipinski definition) is 27. The minimum Gasteiger partial charge on any atom is -0.508 e. The van der Waals surface area contributed by atoms with Crippen LogP contribution in [0.2, 0.25) is 0 Å². The van der Waals surface area contributed by atoms with E-state index in [2.05, 4.69) is 101 Å². The highest BCUT2D eigenvalue weighted by molar-refractivity contribution is 8.76. The highest BCUT2D eigenvalue weighted by Crippen LogP contribution is 2.27. The molecule has 6 rings (SSSR count). The molecule has 0 aliphatic carbocycles. The standard InChI is InChI=1S/C92H141N31O21S2/c1-51(124)110-59(19-10-41-107-90(101)142)73(127)112-63(21-9-39-105-88(97)98)77(131)118-69(48-54-26-31-55-15-2-3-16-56(55)45-54)81(135)122-71-50-146-145-49-70(82(136)117-66(86(140)141)24-13-40-106-89(99)100)121-78(132)64(23-12-43-109-92(103)144)113-75(129)61(20-8-38-104-87(95)96)115-80(134)68(47-53-29-34-58(126)35-30-53)120-84(138)72-25-14-44-123(72)85(139)65(18-5-7-37-94)116-76(130)60(17-4-6-36-93)111-74(128)62(22-11-42-108-91(102)143)114-79(133)67(119-83(71)137)46-52-27-32-57(125)33-28-52/h2-3,15-16,26-35,45,59-72,125-126H,4-14,17-25,36-44,46-50,93-94H2,1H3,(H,110,124)(H,111,128)(H,112,127)(H,113,129)(H,114,133)(H,115,134)(H,116,130)(H,117,136)(H,118,131)(H,119,137)(H,120,138)(H,121,132)(H,122,135)(H,140,141)(H4,95,96,104)(H4,97,98,105)(H4,99,100,106)(H3,101,107,142)(H3,102,108,143)(H3,103,109,144)/t59-,60-,61-,62-,63-,64-,65+,66-,67-,68-,69-,70-,71-,72-/m0/s1. The molecule has 20 amide bonds. The van der Waals surface area contributed by atoms with Crippen LogP contribution in [0.5, 0.6) is 11.5 Å². The number of guanidine groups is 3. The number of phenolic OH excluding ortho intramolecular Hbond substituents is 2. The van der Waals surface area contributed by atoms with E-state index in [-0.39, 0.29) is 198 Å². The van der Waals surface area contributed by atoms with Gasteiger partial charge in [-0.05, 0) is 193 Å². The van der Waals surface area contributed by atoms with Crippen LogP contribution >= 0.6 is 21.6 Å². The number of aliphatic carboxylic acids is 1. The molecule has 2 heterocycles. The van der Waals surface area contributed by atoms with Gasteiger partial charge in [0.1, 0.15) is 96.1 Å². The first-order valence-corrected chi connectivity index (χ1v) is 50.6. The van der Waals surface area contributed by atoms with E-state index in [4.69, 9.17) is 62.1 Å². The van der Waals surface area contributed by atoms with Crippen molar-refractivity contribution in [2.45, 2.75) is 239 Å². The summed E-state index contributed by atoms with van der Waals surface area (Å²) in [5.41, 5.74) is 46.0. The number of phenols is 2. The molecule has 0 bridgehead atoms. The maximum absolute atomic E-state index is 16.1. The van der Waals surface area contributed by atoms with Crippen molar-refractivity contribution < 1.29 is 102 Å². The molecule has 2 aliphatic rings. The van der Waals surface area contributed by atoms with Crippen molar-refractivity contribution in [2.75, 3.05) is 70.4 Å². The number of fused-ring (bicyclic) bond motifs is 2. The number of carboxylic acid groups (broad SMARTS) is 1. The predicted molar refractivity (Wildman–Crippen MR) is 543 cm³/mol. The molecule has 802 valence electrons. The minimum absolute atomic E-state index is 0.00200. The van der Waals surface area contributed by atoms with Gasteiger partial charge in [-0.3, -0.25) is 83.4 Å². The quantitative estimate of drug-likeness (QED) is 0.00849. The van der Waals surface area contributed by atoms with Gasteiger partial charge in [0.15, 0.2) is 17.9 Å². The maximum Gasteiger partial charge on any atom is 0.326 e. The fourth-order valence-electron chi connectivity index (χ4n) is 15.8. The number of rotatable bonds is 48. The summed E-state index contributed by atoms with van der Waals surface area (Å²) in [4.78, 5) is 263. The van der Waals surface area contributed by atoms with Crippen LogP contribution in [0.1, 0.15) is 152 Å². The highest BCUT2D eigenvalue weighted by atomic mass is 33.1. The number of nitrogens with one attached hydrogen (secondary N) is 22. The molecule has 41 N–H and O–H groups in total. The zero-order valence-electron chi connectivity index (χ0n) is 81.4. The van der Waals surface area contributed by atoms with Gasteiger partial charge >= 0.3 is 24.1 Å². The molecule has 4 aromatic carbocycles. The Hall–Kier alpha value is -15.0. The van der Waals surface area contributed by atoms with Gasteiger partial charge in [0.25, 0.3) is 0 Å². The average Bonchev–Trinajstić information content (AvgIpc) is 1.69. The summed E-state index contributed by atoms with van der Waals surface area (Å²) in [6.45, 7) is 0.616. The third-order valence-electron chi connectivity index (χ3n) is 23.4. The van der Waals surface area contributed by atoms with E-state index in [1.807, 2.05) is 0 Å². The molecule has 2 saturated heterocycles. The fraction of sp³-hybridized carbons (Fsp3) is 0.533. The van der Waals surface area contributed by atoms with Gasteiger partial charge in [0, 0.05) is 83.5 Å². The van der Waals surface area contributed by atoms with Crippen LogP contribution in [-0.2, 0) is 91.2 Å². The Kier molecular flexibility index (Phi) is 52.4. The number of nitrogens with two attached hydrogens (primary N) is 8. The van der Waals surface area contributed by atoms with E-state index in [9.17, 15) is 44.1 Å². The topological polar surface area (TPSA) is 879 Å². The lowest BCUT2D eigenvalue weighted by Crippen LogP contribution is -2.61. The van der Waals surface area contributed by atoms with Crippen LogP contribution in [-0.4, -0.2) is 300 Å². The Morgan fingerprint density at radius 1 is 0.411 bits per heavy atom. The van der Waals surface area contributed by atoms with Crippen LogP contribution in [0, 0.1) is 16.2 Å². The number of unbranched alkanes of at least 4 members (excludes halogenated alkanes) is 2. The van der Waals surface area contributed by atoms with Gasteiger partial charge in [-0.25, -0.2) is 19.2 Å². The largest absolute Gasteiger partial charge is 0.508 e. The summed E-state index contributed by atoms with van der Waals surface area (Å²) in [7, 11) is 1.42. The zero-order chi connectivity index (χ0) is 107. The second kappa shape index (κ2) is 63.9. The number of carbonyl (C=O) groups excluding carboxylic acids is 17. The second-order valence-electron chi connectivity index (χ2n) is 35.0. The number of carbonyl (C=O) groups is 18. The number of primary amides is 3. The molecule has 54 heteroatoms. The van der Waals surface area contributed by atoms with Crippen molar-refractivity contribution in [2.24, 2.45) is 45.9 Å². The van der Waals surface area contributed by atoms with Crippen molar-refractivity contribution in [3.63, 3.8) is 0 Å². The molecule has 2 aliphatic heterocycles. The monoisotopic (exact) mass is 2080 g/mol. The van der Waals surface area contributed by atoms with E-state index in [0.29, 0.717) is 44.5 Å². The number of nitrogens with zero attached hydrogens (tertiary/aromatic N) is 1. The van der Waals surface area contributed by atoms with Crippen LogP contribution in [0.25, 0.3) is 10.8 Å². The third-order valence-corrected chi connectivity index (χ3v) is 25.8. The number of carboxylic acids is 1. The lowest BCUT2D eigenvalue weighted by Gasteiger charge is -2.31. The number of amides is 20. The van der Waals surface area contributed by atoms with Gasteiger partial charge in [-0.1, -0.05) is 88.3 Å². The van der Waals surface area contributed by atoms with Gasteiger partial charge in [0.2, 0.25) is 82.7 Å². The van der Waals surface area contributed by atoms with Crippen molar-refractivity contribution in [3.05, 3.63) is 108 Å². The van der Waals surface area contributed by atoms with Crippen molar-refractivity contribution in [3.8, 4) is 11.5 Å². The van der Waals surface area contributed by atoms with E-state index in [1.54, 1.807) is 42.5 Å². The lowest BCUT2D eigenvalue weighted by molar-refractivity contribution is -0.142. The van der Waals surface area contributed by atoms with Gasteiger partial charge in [-0.2, -0.15) is 0 Å². The molecule has 14 atom stereocenters. The lowest BCUT2D eigenvalue weighted by atomic mass is 10.00. The van der Waals surface area contributed by atoms with E-state index >= 15 is 57.5 Å². The first-order valence-electron chi connectivity index (χ1n) is 48.1. The molecule has 146 heavy (non-hydrogen) atoms. The molecule has 2 fully saturated rings. The van der Waals surface area contributed by atoms with Crippen LogP contribution < -0.4 is 147 Å². The molecule has 52 nitrogen and oxygen atoms in total. The molecule has 0 unspecified atom stereocenters. The SMILES string of the molecule is CC(=O)N[C@@H](CCCNC(N)=O)C(=O)N[C@@H](CCCNC(=N)N)C(=O)N[C@@H](Cc1ccc2ccccc2c1)C(=O)N[C@H]1CSSC[C@@H](C(=O)N[C@@H](CCCNC(=N)N)C(=O)O)NC(=O)[C@H](CCCNC(N)=O)NC(=O)[C@H](CCCNC(=N)N)NC(=O)[C@H](Cc2ccc(O)cc2)NC(=O)[C@@H]2CCCN2C(=O)[C@@H](CCCCN)NC(=O)[C@H](CCCCN)NC(=O)[C@H](CCCNC(N)=O)NC(=O)[C@H](Cc2ccc(O)cc2)NC1=O. The van der Waals surface area contributed by atoms with Crippen LogP contribution in [0.3, 0.4) is 0 Å². The predicted octanol–water partition coefficient (Wildman–Crippen LogP) is -5.53. The maximum atomic E-state index is 16.1. The molecular weight excluding hydrogens is 1940 g/mol. The minimum atomic E-state index is -1.95. The first kappa shape index (κ1) is 120. The van der Waals surface area contributed by atoms with Crippen molar-refractivity contribution >= 4 is 157 Å². The summed E-state index contributed by atoms with van der Waals surface area (Å²) in [6, 6.07) is -3.22. The summed E-state index contributed by atoms with van der Waals surface area (Å²) in [6.07, 6.45) is -2.35. The van der Waals surface area contributed by atoms with E-state index in [1.165, 1.54) is 53.4 Å². The Labute approximate surface area is 851 Å². The Morgan fingerprint density at radius 2 is 0.795 bits per heavy atom. The molecule has 0 saturated carbocycles. The average molecular weight is 2080 g/mol. The first-order chi connectivity index (χ1) is 69.6. The number of hydrogen-bond donors (Lipinski definition) is 33. The van der Waals surface area contributed by atoms with Crippen LogP contribution in [0.15, 0.2) is 91.0 Å². The normalized spacial score (nSPS) is 20.0. The number of aromatic hydroxyl groups is 2. The fourth-order valence-corrected chi connectivity index (χ4v) is 18.2. The molecule has 0 aromatic heterocycles. The Bertz CT molecular complexity index is 5110. The van der Waals surface area contributed by atoms with Crippen molar-refractivity contribution in [1.82, 2.24) is 106 Å². The van der Waals surface area contributed by atoms with E-state index in [0.717, 1.165) is 12.3 Å². The second-order valence-corrected chi connectivity index (χ2v) is 37.6. The summed E-state index contributed by atoms with van der Waals surface area (Å²) in [5.74, 6) is -18.9. The number of urea groups is 3. The van der Waals surface area contributed by atoms with Gasteiger partial charge in [0.05, 0.1) is 0 Å². The smallest absolute Gasteiger partial charge is 0.326 e. The molecule has 4 aromatic rings. The van der Waals surface area contributed by atoms with Crippen LogP contribution in [0.4, 0.5) is 14.4 Å². The van der Waals surface area contributed by atoms with Crippen molar-refractivity contribution in [1.29, 1.82) is 16.2 Å². The Morgan fingerprint density at radius 3 is 1.25 bits per heavy atom. The Balaban J connectivity index is 1.63. The van der Waals surface area contributed by atoms with E-state index < -0.39 is 240 Å². The van der Waals surface area contributed by atoms with Gasteiger partial charge in [-0.15, -0.1) is 0 Å².